The van der Waals surface area contributed by atoms with Crippen molar-refractivity contribution in [1.82, 2.24) is 9.62 Å². The first-order chi connectivity index (χ1) is 14.4. The summed E-state index contributed by atoms with van der Waals surface area (Å²) in [5, 5.41) is 0.857. The Balaban J connectivity index is 1.24. The van der Waals surface area contributed by atoms with Crippen LogP contribution in [0.1, 0.15) is 12.8 Å². The minimum absolute atomic E-state index is 0.0498. The van der Waals surface area contributed by atoms with Crippen LogP contribution in [0.15, 0.2) is 47.4 Å². The lowest BCUT2D eigenvalue weighted by molar-refractivity contribution is 0.0481. The number of piperidine rings is 1. The molecule has 2 aromatic carbocycles. The van der Waals surface area contributed by atoms with Gasteiger partial charge in [0.05, 0.1) is 5.02 Å². The zero-order valence-electron chi connectivity index (χ0n) is 16.4. The Kier molecular flexibility index (Phi) is 6.75. The molecule has 1 N–H and O–H groups in total. The second kappa shape index (κ2) is 9.32. The van der Waals surface area contributed by atoms with Crippen molar-refractivity contribution < 1.29 is 17.9 Å². The summed E-state index contributed by atoms with van der Waals surface area (Å²) in [6.45, 7) is 3.47. The van der Waals surface area contributed by atoms with Gasteiger partial charge in [0.25, 0.3) is 0 Å². The molecule has 0 aromatic heterocycles. The lowest BCUT2D eigenvalue weighted by atomic mass is 9.97. The highest BCUT2D eigenvalue weighted by atomic mass is 35.5. The highest BCUT2D eigenvalue weighted by molar-refractivity contribution is 7.89. The SMILES string of the molecule is O=S(=O)(NCC1CCN(CC2COc3ccc(Cl)cc3O2)CC1)c1ccccc1Cl. The van der Waals surface area contributed by atoms with Crippen LogP contribution < -0.4 is 14.2 Å². The van der Waals surface area contributed by atoms with Crippen molar-refractivity contribution in [2.45, 2.75) is 23.8 Å². The van der Waals surface area contributed by atoms with Gasteiger partial charge in [-0.1, -0.05) is 35.3 Å². The van der Waals surface area contributed by atoms with E-state index in [1.54, 1.807) is 30.3 Å². The Morgan fingerprint density at radius 3 is 2.60 bits per heavy atom. The molecule has 1 saturated heterocycles. The van der Waals surface area contributed by atoms with Gasteiger partial charge in [-0.2, -0.15) is 0 Å². The molecule has 2 aliphatic heterocycles. The first kappa shape index (κ1) is 21.7. The third-order valence-corrected chi connectivity index (χ3v) is 7.64. The van der Waals surface area contributed by atoms with Gasteiger partial charge in [0.2, 0.25) is 10.0 Å². The average Bonchev–Trinajstić information content (AvgIpc) is 2.73. The van der Waals surface area contributed by atoms with Crippen molar-refractivity contribution in [3.63, 3.8) is 0 Å². The molecule has 6 nitrogen and oxygen atoms in total. The molecule has 1 unspecified atom stereocenters. The lowest BCUT2D eigenvalue weighted by Gasteiger charge is -2.35. The predicted molar refractivity (Wildman–Crippen MR) is 117 cm³/mol. The Morgan fingerprint density at radius 1 is 1.07 bits per heavy atom. The van der Waals surface area contributed by atoms with Gasteiger partial charge in [-0.3, -0.25) is 4.90 Å². The quantitative estimate of drug-likeness (QED) is 0.694. The molecule has 2 aliphatic rings. The lowest BCUT2D eigenvalue weighted by Crippen LogP contribution is -2.45. The molecule has 0 aliphatic carbocycles. The smallest absolute Gasteiger partial charge is 0.242 e. The summed E-state index contributed by atoms with van der Waals surface area (Å²) >= 11 is 12.1. The highest BCUT2D eigenvalue weighted by Crippen LogP contribution is 2.34. The Labute approximate surface area is 187 Å². The van der Waals surface area contributed by atoms with Gasteiger partial charge in [-0.05, 0) is 56.1 Å². The summed E-state index contributed by atoms with van der Waals surface area (Å²) in [7, 11) is -3.60. The third kappa shape index (κ3) is 5.21. The Morgan fingerprint density at radius 2 is 1.83 bits per heavy atom. The van der Waals surface area contributed by atoms with E-state index in [-0.39, 0.29) is 16.0 Å². The average molecular weight is 471 g/mol. The van der Waals surface area contributed by atoms with E-state index in [0.29, 0.717) is 29.8 Å². The molecular weight excluding hydrogens is 447 g/mol. The molecule has 4 rings (SSSR count). The number of nitrogens with zero attached hydrogens (tertiary/aromatic N) is 1. The molecule has 2 aromatic rings. The van der Waals surface area contributed by atoms with E-state index in [2.05, 4.69) is 9.62 Å². The molecule has 0 spiro atoms. The molecule has 0 amide bonds. The van der Waals surface area contributed by atoms with E-state index in [9.17, 15) is 8.42 Å². The van der Waals surface area contributed by atoms with Crippen LogP contribution in [0.25, 0.3) is 0 Å². The summed E-state index contributed by atoms with van der Waals surface area (Å²) in [6.07, 6.45) is 1.79. The zero-order chi connectivity index (χ0) is 21.1. The molecule has 0 radical (unpaired) electrons. The molecule has 0 saturated carbocycles. The van der Waals surface area contributed by atoms with Crippen LogP contribution in [-0.4, -0.2) is 52.2 Å². The van der Waals surface area contributed by atoms with E-state index in [0.717, 1.165) is 38.2 Å². The maximum absolute atomic E-state index is 12.5. The van der Waals surface area contributed by atoms with Gasteiger partial charge in [0.15, 0.2) is 11.5 Å². The molecule has 162 valence electrons. The van der Waals surface area contributed by atoms with Gasteiger partial charge in [-0.15, -0.1) is 0 Å². The van der Waals surface area contributed by atoms with Crippen molar-refractivity contribution in [3.8, 4) is 11.5 Å². The third-order valence-electron chi connectivity index (χ3n) is 5.48. The molecule has 0 bridgehead atoms. The first-order valence-electron chi connectivity index (χ1n) is 9.96. The number of nitrogens with one attached hydrogen (secondary N) is 1. The van der Waals surface area contributed by atoms with Crippen LogP contribution >= 0.6 is 23.2 Å². The van der Waals surface area contributed by atoms with Crippen molar-refractivity contribution in [1.29, 1.82) is 0 Å². The van der Waals surface area contributed by atoms with Gasteiger partial charge >= 0.3 is 0 Å². The minimum atomic E-state index is -3.60. The van der Waals surface area contributed by atoms with Crippen molar-refractivity contribution in [2.75, 3.05) is 32.8 Å². The highest BCUT2D eigenvalue weighted by Gasteiger charge is 2.27. The zero-order valence-corrected chi connectivity index (χ0v) is 18.7. The summed E-state index contributed by atoms with van der Waals surface area (Å²) in [6, 6.07) is 11.9. The first-order valence-corrected chi connectivity index (χ1v) is 12.2. The Bertz CT molecular complexity index is 994. The summed E-state index contributed by atoms with van der Waals surface area (Å²) in [4.78, 5) is 2.46. The Hall–Kier alpha value is -1.51. The van der Waals surface area contributed by atoms with Gasteiger partial charge in [0.1, 0.15) is 17.6 Å². The van der Waals surface area contributed by atoms with E-state index in [4.69, 9.17) is 32.7 Å². The van der Waals surface area contributed by atoms with Gasteiger partial charge < -0.3 is 9.47 Å². The second-order valence-corrected chi connectivity index (χ2v) is 10.2. The summed E-state index contributed by atoms with van der Waals surface area (Å²) in [5.41, 5.74) is 0. The number of benzene rings is 2. The van der Waals surface area contributed by atoms with Gasteiger partial charge in [0, 0.05) is 24.2 Å². The fraction of sp³-hybridized carbons (Fsp3) is 0.429. The largest absolute Gasteiger partial charge is 0.486 e. The van der Waals surface area contributed by atoms with E-state index in [1.165, 1.54) is 6.07 Å². The van der Waals surface area contributed by atoms with Crippen LogP contribution in [0, 0.1) is 5.92 Å². The normalized spacial score (nSPS) is 20.3. The van der Waals surface area contributed by atoms with Crippen LogP contribution in [0.5, 0.6) is 11.5 Å². The molecule has 9 heteroatoms. The number of ether oxygens (including phenoxy) is 2. The molecule has 2 heterocycles. The molecule has 1 atom stereocenters. The summed E-state index contributed by atoms with van der Waals surface area (Å²) in [5.74, 6) is 1.70. The van der Waals surface area contributed by atoms with E-state index in [1.807, 2.05) is 6.07 Å². The number of hydrogen-bond acceptors (Lipinski definition) is 5. The van der Waals surface area contributed by atoms with Crippen LogP contribution in [0.4, 0.5) is 0 Å². The molecule has 30 heavy (non-hydrogen) atoms. The molecule has 1 fully saturated rings. The topological polar surface area (TPSA) is 67.9 Å². The van der Waals surface area contributed by atoms with E-state index >= 15 is 0 Å². The fourth-order valence-electron chi connectivity index (χ4n) is 3.81. The molecular formula is C21H24Cl2N2O4S. The minimum Gasteiger partial charge on any atom is -0.486 e. The van der Waals surface area contributed by atoms with Crippen molar-refractivity contribution >= 4 is 33.2 Å². The number of likely N-dealkylation sites (tertiary alicyclic amines) is 1. The monoisotopic (exact) mass is 470 g/mol. The van der Waals surface area contributed by atoms with Crippen LogP contribution in [-0.2, 0) is 10.0 Å². The van der Waals surface area contributed by atoms with E-state index < -0.39 is 10.0 Å². The standard InChI is InChI=1S/C21H24Cl2N2O4S/c22-16-5-6-19-20(11-16)29-17(14-28-19)13-25-9-7-15(8-10-25)12-24-30(26,27)21-4-2-1-3-18(21)23/h1-6,11,15,17,24H,7-10,12-14H2. The van der Waals surface area contributed by atoms with Gasteiger partial charge in [-0.25, -0.2) is 13.1 Å². The maximum atomic E-state index is 12.5. The number of sulfonamides is 1. The van der Waals surface area contributed by atoms with Crippen LogP contribution in [0.3, 0.4) is 0 Å². The predicted octanol–water partition coefficient (Wildman–Crippen LogP) is 3.82. The second-order valence-electron chi connectivity index (χ2n) is 7.67. The number of hydrogen-bond donors (Lipinski definition) is 1. The van der Waals surface area contributed by atoms with Crippen LogP contribution in [0.2, 0.25) is 10.0 Å². The van der Waals surface area contributed by atoms with Crippen molar-refractivity contribution in [2.24, 2.45) is 5.92 Å². The summed E-state index contributed by atoms with van der Waals surface area (Å²) < 4.78 is 39.5. The van der Waals surface area contributed by atoms with Crippen molar-refractivity contribution in [3.05, 3.63) is 52.5 Å². The fourth-order valence-corrected chi connectivity index (χ4v) is 5.60. The number of halogens is 2. The number of fused-ring (bicyclic) bond motifs is 1. The number of rotatable bonds is 6. The maximum Gasteiger partial charge on any atom is 0.242 e.